The SMILES string of the molecule is CC(C)c1ccccc1-n1c(SCc2ccc([N+](=O)[O-])cc2)nc2cc(Cl)ccc2c1=O. The summed E-state index contributed by atoms with van der Waals surface area (Å²) < 4.78 is 1.65. The Balaban J connectivity index is 1.84. The number of benzene rings is 3. The molecule has 0 aliphatic carbocycles. The summed E-state index contributed by atoms with van der Waals surface area (Å²) in [4.78, 5) is 28.8. The van der Waals surface area contributed by atoms with Crippen molar-refractivity contribution in [2.45, 2.75) is 30.7 Å². The number of hydrogen-bond acceptors (Lipinski definition) is 5. The number of para-hydroxylation sites is 1. The van der Waals surface area contributed by atoms with E-state index in [2.05, 4.69) is 13.8 Å². The van der Waals surface area contributed by atoms with Gasteiger partial charge in [0.05, 0.1) is 21.5 Å². The van der Waals surface area contributed by atoms with Gasteiger partial charge >= 0.3 is 0 Å². The van der Waals surface area contributed by atoms with E-state index >= 15 is 0 Å². The molecule has 0 bridgehead atoms. The van der Waals surface area contributed by atoms with E-state index in [1.807, 2.05) is 24.3 Å². The minimum Gasteiger partial charge on any atom is -0.268 e. The predicted octanol–water partition coefficient (Wildman–Crippen LogP) is 6.36. The third-order valence-corrected chi connectivity index (χ3v) is 6.36. The summed E-state index contributed by atoms with van der Waals surface area (Å²) in [5.41, 5.74) is 3.15. The first-order valence-electron chi connectivity index (χ1n) is 10.0. The molecule has 4 rings (SSSR count). The largest absolute Gasteiger partial charge is 0.269 e. The van der Waals surface area contributed by atoms with Crippen molar-refractivity contribution in [3.05, 3.63) is 103 Å². The van der Waals surface area contributed by atoms with Crippen LogP contribution in [0.5, 0.6) is 0 Å². The molecule has 3 aromatic carbocycles. The summed E-state index contributed by atoms with van der Waals surface area (Å²) in [5.74, 6) is 0.715. The summed E-state index contributed by atoms with van der Waals surface area (Å²) in [7, 11) is 0. The predicted molar refractivity (Wildman–Crippen MR) is 129 cm³/mol. The number of aromatic nitrogens is 2. The molecule has 0 fully saturated rings. The summed E-state index contributed by atoms with van der Waals surface area (Å²) >= 11 is 7.55. The number of fused-ring (bicyclic) bond motifs is 1. The maximum Gasteiger partial charge on any atom is 0.269 e. The molecule has 0 atom stereocenters. The van der Waals surface area contributed by atoms with Crippen molar-refractivity contribution in [1.82, 2.24) is 9.55 Å². The molecule has 0 unspecified atom stereocenters. The zero-order chi connectivity index (χ0) is 22.8. The van der Waals surface area contributed by atoms with Gasteiger partial charge in [0.2, 0.25) is 0 Å². The number of nitrogens with zero attached hydrogens (tertiary/aromatic N) is 3. The van der Waals surface area contributed by atoms with E-state index in [1.54, 1.807) is 34.9 Å². The summed E-state index contributed by atoms with van der Waals surface area (Å²) in [5, 5.41) is 12.5. The average molecular weight is 466 g/mol. The maximum absolute atomic E-state index is 13.6. The topological polar surface area (TPSA) is 78.0 Å². The molecule has 0 spiro atoms. The Hall–Kier alpha value is -3.16. The molecular weight excluding hydrogens is 446 g/mol. The van der Waals surface area contributed by atoms with Crippen LogP contribution in [0.15, 0.2) is 76.7 Å². The molecule has 1 heterocycles. The fourth-order valence-corrected chi connectivity index (χ4v) is 4.62. The maximum atomic E-state index is 13.6. The van der Waals surface area contributed by atoms with Crippen molar-refractivity contribution in [3.63, 3.8) is 0 Å². The van der Waals surface area contributed by atoms with Gasteiger partial charge in [-0.3, -0.25) is 19.5 Å². The van der Waals surface area contributed by atoms with E-state index < -0.39 is 4.92 Å². The summed E-state index contributed by atoms with van der Waals surface area (Å²) in [6.07, 6.45) is 0. The third-order valence-electron chi connectivity index (χ3n) is 5.12. The quantitative estimate of drug-likeness (QED) is 0.143. The zero-order valence-corrected chi connectivity index (χ0v) is 19.1. The molecule has 1 aromatic heterocycles. The molecule has 0 amide bonds. The second-order valence-electron chi connectivity index (χ2n) is 7.62. The van der Waals surface area contributed by atoms with Crippen LogP contribution in [0, 0.1) is 10.1 Å². The van der Waals surface area contributed by atoms with Gasteiger partial charge in [-0.05, 0) is 41.3 Å². The van der Waals surface area contributed by atoms with E-state index in [0.29, 0.717) is 26.8 Å². The fourth-order valence-electron chi connectivity index (χ4n) is 3.49. The number of thioether (sulfide) groups is 1. The van der Waals surface area contributed by atoms with E-state index in [-0.39, 0.29) is 17.2 Å². The van der Waals surface area contributed by atoms with E-state index in [1.165, 1.54) is 23.9 Å². The van der Waals surface area contributed by atoms with Gasteiger partial charge in [-0.1, -0.05) is 67.5 Å². The number of nitro benzene ring substituents is 1. The summed E-state index contributed by atoms with van der Waals surface area (Å²) in [6, 6.07) is 19.3. The first-order valence-corrected chi connectivity index (χ1v) is 11.4. The Morgan fingerprint density at radius 2 is 1.81 bits per heavy atom. The lowest BCUT2D eigenvalue weighted by Crippen LogP contribution is -2.23. The van der Waals surface area contributed by atoms with Crippen LogP contribution in [-0.4, -0.2) is 14.5 Å². The molecule has 0 aliphatic heterocycles. The van der Waals surface area contributed by atoms with Crippen molar-refractivity contribution in [3.8, 4) is 5.69 Å². The molecule has 0 N–H and O–H groups in total. The lowest BCUT2D eigenvalue weighted by Gasteiger charge is -2.18. The van der Waals surface area contributed by atoms with Gasteiger partial charge in [0, 0.05) is 22.9 Å². The fraction of sp³-hybridized carbons (Fsp3) is 0.167. The molecule has 6 nitrogen and oxygen atoms in total. The minimum absolute atomic E-state index is 0.0417. The van der Waals surface area contributed by atoms with Crippen molar-refractivity contribution in [2.75, 3.05) is 0 Å². The Morgan fingerprint density at radius 1 is 1.09 bits per heavy atom. The molecule has 0 saturated heterocycles. The van der Waals surface area contributed by atoms with Crippen LogP contribution in [-0.2, 0) is 5.75 Å². The van der Waals surface area contributed by atoms with Gasteiger partial charge in [0.15, 0.2) is 5.16 Å². The molecule has 32 heavy (non-hydrogen) atoms. The molecular formula is C24H20ClN3O3S. The lowest BCUT2D eigenvalue weighted by atomic mass is 10.0. The summed E-state index contributed by atoms with van der Waals surface area (Å²) in [6.45, 7) is 4.17. The van der Waals surface area contributed by atoms with Crippen molar-refractivity contribution < 1.29 is 4.92 Å². The van der Waals surface area contributed by atoms with Gasteiger partial charge in [-0.25, -0.2) is 4.98 Å². The number of non-ortho nitro benzene ring substituents is 1. The highest BCUT2D eigenvalue weighted by Gasteiger charge is 2.17. The van der Waals surface area contributed by atoms with Gasteiger partial charge in [0.25, 0.3) is 11.2 Å². The lowest BCUT2D eigenvalue weighted by molar-refractivity contribution is -0.384. The molecule has 162 valence electrons. The highest BCUT2D eigenvalue weighted by atomic mass is 35.5. The normalized spacial score (nSPS) is 11.2. The Labute approximate surface area is 194 Å². The van der Waals surface area contributed by atoms with Gasteiger partial charge in [0.1, 0.15) is 0 Å². The second kappa shape index (κ2) is 9.14. The van der Waals surface area contributed by atoms with Gasteiger partial charge in [-0.2, -0.15) is 0 Å². The second-order valence-corrected chi connectivity index (χ2v) is 9.00. The number of nitro groups is 1. The number of halogens is 1. The van der Waals surface area contributed by atoms with Crippen LogP contribution < -0.4 is 5.56 Å². The van der Waals surface area contributed by atoms with Crippen LogP contribution in [0.3, 0.4) is 0 Å². The third kappa shape index (κ3) is 4.40. The van der Waals surface area contributed by atoms with E-state index in [0.717, 1.165) is 16.8 Å². The van der Waals surface area contributed by atoms with Gasteiger partial charge < -0.3 is 0 Å². The van der Waals surface area contributed by atoms with Crippen LogP contribution in [0.4, 0.5) is 5.69 Å². The van der Waals surface area contributed by atoms with Crippen LogP contribution in [0.2, 0.25) is 5.02 Å². The van der Waals surface area contributed by atoms with E-state index in [4.69, 9.17) is 16.6 Å². The molecule has 8 heteroatoms. The Kier molecular flexibility index (Phi) is 6.30. The molecule has 0 aliphatic rings. The number of hydrogen-bond donors (Lipinski definition) is 0. The van der Waals surface area contributed by atoms with Crippen LogP contribution in [0.25, 0.3) is 16.6 Å². The van der Waals surface area contributed by atoms with Crippen molar-refractivity contribution in [2.24, 2.45) is 0 Å². The zero-order valence-electron chi connectivity index (χ0n) is 17.5. The smallest absolute Gasteiger partial charge is 0.268 e. The first-order chi connectivity index (χ1) is 15.3. The van der Waals surface area contributed by atoms with Crippen molar-refractivity contribution >= 4 is 40.0 Å². The Bertz CT molecular complexity index is 1370. The first kappa shape index (κ1) is 22.0. The molecule has 0 radical (unpaired) electrons. The number of rotatable bonds is 6. The van der Waals surface area contributed by atoms with Crippen LogP contribution in [0.1, 0.15) is 30.9 Å². The van der Waals surface area contributed by atoms with Crippen LogP contribution >= 0.6 is 23.4 Å². The van der Waals surface area contributed by atoms with E-state index in [9.17, 15) is 14.9 Å². The van der Waals surface area contributed by atoms with Crippen molar-refractivity contribution in [1.29, 1.82) is 0 Å². The monoisotopic (exact) mass is 465 g/mol. The molecule has 0 saturated carbocycles. The average Bonchev–Trinajstić information content (AvgIpc) is 2.77. The Morgan fingerprint density at radius 3 is 2.50 bits per heavy atom. The minimum atomic E-state index is -0.425. The molecule has 4 aromatic rings. The highest BCUT2D eigenvalue weighted by Crippen LogP contribution is 2.29. The highest BCUT2D eigenvalue weighted by molar-refractivity contribution is 7.98. The van der Waals surface area contributed by atoms with Gasteiger partial charge in [-0.15, -0.1) is 0 Å². The standard InChI is InChI=1S/C24H20ClN3O3S/c1-15(2)19-5-3-4-6-22(19)27-23(29)20-12-9-17(25)13-21(20)26-24(27)32-14-16-7-10-18(11-8-16)28(30)31/h3-13,15H,14H2,1-2H3.